The normalized spacial score (nSPS) is 11.3. The first-order valence-corrected chi connectivity index (χ1v) is 8.82. The molecule has 0 amide bonds. The van der Waals surface area contributed by atoms with Crippen LogP contribution in [-0.2, 0) is 16.6 Å². The van der Waals surface area contributed by atoms with Crippen molar-refractivity contribution in [3.63, 3.8) is 0 Å². The molecule has 2 aromatic carbocycles. The molecule has 9 heteroatoms. The molecule has 0 fully saturated rings. The molecule has 3 aromatic rings. The van der Waals surface area contributed by atoms with E-state index in [0.29, 0.717) is 11.4 Å². The summed E-state index contributed by atoms with van der Waals surface area (Å²) in [5.41, 5.74) is 1.44. The first-order valence-electron chi connectivity index (χ1n) is 7.27. The van der Waals surface area contributed by atoms with Crippen molar-refractivity contribution in [1.82, 2.24) is 15.0 Å². The van der Waals surface area contributed by atoms with E-state index in [4.69, 9.17) is 14.6 Å². The number of hydrogen-bond acceptors (Lipinski definition) is 6. The minimum Gasteiger partial charge on any atom is -0.497 e. The van der Waals surface area contributed by atoms with Crippen molar-refractivity contribution in [2.45, 2.75) is 11.5 Å². The number of nitrogens with zero attached hydrogens (tertiary/aromatic N) is 3. The molecule has 0 aliphatic heterocycles. The summed E-state index contributed by atoms with van der Waals surface area (Å²) in [5, 5.41) is 13.2. The lowest BCUT2D eigenvalue weighted by Gasteiger charge is -2.05. The van der Waals surface area contributed by atoms with Gasteiger partial charge in [-0.3, -0.25) is 0 Å². The van der Waals surface area contributed by atoms with Gasteiger partial charge in [0.1, 0.15) is 23.8 Å². The summed E-state index contributed by atoms with van der Waals surface area (Å²) in [4.78, 5) is 0.0313. The van der Waals surface area contributed by atoms with Crippen molar-refractivity contribution >= 4 is 10.0 Å². The van der Waals surface area contributed by atoms with Gasteiger partial charge in [-0.2, -0.15) is 0 Å². The molecular formula is C16H16N4O4S. The quantitative estimate of drug-likeness (QED) is 0.713. The van der Waals surface area contributed by atoms with Gasteiger partial charge in [0.25, 0.3) is 0 Å². The summed E-state index contributed by atoms with van der Waals surface area (Å²) in [7, 11) is -2.11. The van der Waals surface area contributed by atoms with Crippen LogP contribution in [0, 0.1) is 0 Å². The zero-order valence-corrected chi connectivity index (χ0v) is 14.2. The maximum Gasteiger partial charge on any atom is 0.238 e. The molecule has 0 saturated carbocycles. The van der Waals surface area contributed by atoms with Gasteiger partial charge in [0, 0.05) is 6.07 Å². The highest BCUT2D eigenvalue weighted by atomic mass is 32.2. The summed E-state index contributed by atoms with van der Waals surface area (Å²) in [6.07, 6.45) is 1.74. The molecule has 8 nitrogen and oxygen atoms in total. The lowest BCUT2D eigenvalue weighted by atomic mass is 10.3. The second-order valence-corrected chi connectivity index (χ2v) is 6.72. The fourth-order valence-corrected chi connectivity index (χ4v) is 2.64. The van der Waals surface area contributed by atoms with Gasteiger partial charge >= 0.3 is 0 Å². The third-order valence-electron chi connectivity index (χ3n) is 3.40. The zero-order valence-electron chi connectivity index (χ0n) is 13.4. The minimum absolute atomic E-state index is 0.0313. The molecule has 130 valence electrons. The lowest BCUT2D eigenvalue weighted by Crippen LogP contribution is -2.11. The van der Waals surface area contributed by atoms with E-state index in [1.165, 1.54) is 24.3 Å². The summed E-state index contributed by atoms with van der Waals surface area (Å²) in [6, 6.07) is 13.3. The van der Waals surface area contributed by atoms with Crippen LogP contribution >= 0.6 is 0 Å². The van der Waals surface area contributed by atoms with Crippen LogP contribution in [0.1, 0.15) is 5.69 Å². The van der Waals surface area contributed by atoms with Crippen molar-refractivity contribution in [2.75, 3.05) is 7.11 Å². The second kappa shape index (κ2) is 6.91. The molecule has 0 saturated heterocycles. The van der Waals surface area contributed by atoms with Crippen molar-refractivity contribution < 1.29 is 17.9 Å². The van der Waals surface area contributed by atoms with E-state index >= 15 is 0 Å². The third kappa shape index (κ3) is 4.14. The number of benzene rings is 2. The Kier molecular flexibility index (Phi) is 4.68. The van der Waals surface area contributed by atoms with Crippen LogP contribution in [0.3, 0.4) is 0 Å². The average molecular weight is 360 g/mol. The lowest BCUT2D eigenvalue weighted by molar-refractivity contribution is 0.301. The Labute approximate surface area is 144 Å². The van der Waals surface area contributed by atoms with Gasteiger partial charge in [-0.1, -0.05) is 11.3 Å². The Balaban J connectivity index is 1.67. The second-order valence-electron chi connectivity index (χ2n) is 5.16. The molecule has 3 rings (SSSR count). The monoisotopic (exact) mass is 360 g/mol. The molecule has 1 aromatic heterocycles. The smallest absolute Gasteiger partial charge is 0.238 e. The van der Waals surface area contributed by atoms with E-state index in [1.54, 1.807) is 18.0 Å². The van der Waals surface area contributed by atoms with Crippen molar-refractivity contribution in [3.05, 3.63) is 60.4 Å². The number of rotatable bonds is 6. The first kappa shape index (κ1) is 16.9. The number of methoxy groups -OCH3 is 1. The number of primary sulfonamides is 1. The Morgan fingerprint density at radius 3 is 2.56 bits per heavy atom. The van der Waals surface area contributed by atoms with Gasteiger partial charge in [-0.05, 0) is 36.4 Å². The molecule has 0 atom stereocenters. The summed E-state index contributed by atoms with van der Waals surface area (Å²) >= 11 is 0. The van der Waals surface area contributed by atoms with Gasteiger partial charge in [-0.25, -0.2) is 18.2 Å². The van der Waals surface area contributed by atoms with Crippen LogP contribution < -0.4 is 14.6 Å². The molecule has 2 N–H and O–H groups in total. The van der Waals surface area contributed by atoms with Crippen molar-refractivity contribution in [1.29, 1.82) is 0 Å². The zero-order chi connectivity index (χ0) is 17.9. The molecule has 0 bridgehead atoms. The highest BCUT2D eigenvalue weighted by Gasteiger charge is 2.08. The Bertz CT molecular complexity index is 968. The maximum atomic E-state index is 11.2. The predicted octanol–water partition coefficient (Wildman–Crippen LogP) is 1.50. The topological polar surface area (TPSA) is 109 Å². The summed E-state index contributed by atoms with van der Waals surface area (Å²) in [5.74, 6) is 1.23. The molecule has 0 radical (unpaired) electrons. The Morgan fingerprint density at radius 1 is 1.12 bits per heavy atom. The van der Waals surface area contributed by atoms with Gasteiger partial charge in [0.15, 0.2) is 0 Å². The number of hydrogen-bond donors (Lipinski definition) is 1. The predicted molar refractivity (Wildman–Crippen MR) is 90.1 cm³/mol. The molecule has 1 heterocycles. The fourth-order valence-electron chi connectivity index (χ4n) is 2.13. The molecule has 0 aliphatic carbocycles. The molecular weight excluding hydrogens is 344 g/mol. The van der Waals surface area contributed by atoms with Gasteiger partial charge < -0.3 is 9.47 Å². The van der Waals surface area contributed by atoms with Crippen molar-refractivity contribution in [2.24, 2.45) is 5.14 Å². The average Bonchev–Trinajstić information content (AvgIpc) is 3.09. The highest BCUT2D eigenvalue weighted by Crippen LogP contribution is 2.17. The standard InChI is InChI=1S/C16H16N4O4S/c1-23-15-4-2-3-13(9-15)20-10-12(18-19-20)11-24-14-5-7-16(8-6-14)25(17,21)22/h2-10H,11H2,1H3,(H2,17,21,22). The van der Waals surface area contributed by atoms with E-state index in [1.807, 2.05) is 24.3 Å². The Morgan fingerprint density at radius 2 is 1.88 bits per heavy atom. The van der Waals surface area contributed by atoms with E-state index in [0.717, 1.165) is 11.4 Å². The molecule has 0 spiro atoms. The third-order valence-corrected chi connectivity index (χ3v) is 4.33. The molecule has 0 unspecified atom stereocenters. The van der Waals surface area contributed by atoms with Crippen molar-refractivity contribution in [3.8, 4) is 17.2 Å². The van der Waals surface area contributed by atoms with Crippen LogP contribution in [-0.4, -0.2) is 30.5 Å². The Hall–Kier alpha value is -2.91. The minimum atomic E-state index is -3.71. The maximum absolute atomic E-state index is 11.2. The van der Waals surface area contributed by atoms with E-state index < -0.39 is 10.0 Å². The first-order chi connectivity index (χ1) is 12.0. The van der Waals surface area contributed by atoms with Gasteiger partial charge in [0.05, 0.1) is 23.9 Å². The SMILES string of the molecule is COc1cccc(-n2cc(COc3ccc(S(N)(=O)=O)cc3)nn2)c1. The highest BCUT2D eigenvalue weighted by molar-refractivity contribution is 7.89. The van der Waals surface area contributed by atoms with E-state index in [2.05, 4.69) is 10.3 Å². The van der Waals surface area contributed by atoms with Gasteiger partial charge in [0.2, 0.25) is 10.0 Å². The van der Waals surface area contributed by atoms with Crippen LogP contribution in [0.5, 0.6) is 11.5 Å². The number of aromatic nitrogens is 3. The number of nitrogens with two attached hydrogens (primary N) is 1. The van der Waals surface area contributed by atoms with Crippen LogP contribution in [0.2, 0.25) is 0 Å². The molecule has 0 aliphatic rings. The number of ether oxygens (including phenoxy) is 2. The number of sulfonamides is 1. The van der Waals surface area contributed by atoms with Crippen LogP contribution in [0.25, 0.3) is 5.69 Å². The largest absolute Gasteiger partial charge is 0.497 e. The van der Waals surface area contributed by atoms with Gasteiger partial charge in [-0.15, -0.1) is 5.10 Å². The summed E-state index contributed by atoms with van der Waals surface area (Å²) in [6.45, 7) is 0.193. The fraction of sp³-hybridized carbons (Fsp3) is 0.125. The summed E-state index contributed by atoms with van der Waals surface area (Å²) < 4.78 is 34.8. The van der Waals surface area contributed by atoms with E-state index in [-0.39, 0.29) is 11.5 Å². The molecule has 25 heavy (non-hydrogen) atoms. The van der Waals surface area contributed by atoms with E-state index in [9.17, 15) is 8.42 Å². The van der Waals surface area contributed by atoms with Crippen LogP contribution in [0.4, 0.5) is 0 Å². The van der Waals surface area contributed by atoms with Crippen LogP contribution in [0.15, 0.2) is 59.6 Å².